The number of rotatable bonds is 5. The number of carboxylic acid groups (broad SMARTS) is 1. The van der Waals surface area contributed by atoms with Gasteiger partial charge in [-0.2, -0.15) is 0 Å². The van der Waals surface area contributed by atoms with Crippen molar-refractivity contribution >= 4 is 22.1 Å². The maximum Gasteiger partial charge on any atom is 0.318 e. The SMILES string of the molecule is O=C(O)CNS(=O)(=O)/C=C\c1ccccc1. The van der Waals surface area contributed by atoms with Crippen molar-refractivity contribution in [1.29, 1.82) is 0 Å². The first-order valence-corrected chi connectivity index (χ1v) is 5.99. The Morgan fingerprint density at radius 3 is 2.50 bits per heavy atom. The van der Waals surface area contributed by atoms with Crippen LogP contribution in [0.25, 0.3) is 6.08 Å². The Morgan fingerprint density at radius 2 is 1.94 bits per heavy atom. The fourth-order valence-corrected chi connectivity index (χ4v) is 1.70. The van der Waals surface area contributed by atoms with E-state index in [4.69, 9.17) is 5.11 Å². The molecular formula is C10H11NO4S. The molecule has 0 saturated heterocycles. The maximum absolute atomic E-state index is 11.2. The Kier molecular flexibility index (Phi) is 4.21. The fraction of sp³-hybridized carbons (Fsp3) is 0.100. The minimum absolute atomic E-state index is 0.624. The lowest BCUT2D eigenvalue weighted by molar-refractivity contribution is -0.135. The zero-order chi connectivity index (χ0) is 12.0. The average molecular weight is 241 g/mol. The molecule has 0 saturated carbocycles. The molecule has 86 valence electrons. The van der Waals surface area contributed by atoms with Gasteiger partial charge in [0.2, 0.25) is 10.0 Å². The summed E-state index contributed by atoms with van der Waals surface area (Å²) in [4.78, 5) is 10.2. The van der Waals surface area contributed by atoms with Gasteiger partial charge >= 0.3 is 5.97 Å². The summed E-state index contributed by atoms with van der Waals surface area (Å²) in [5.74, 6) is -1.23. The largest absolute Gasteiger partial charge is 0.480 e. The van der Waals surface area contributed by atoms with E-state index in [-0.39, 0.29) is 0 Å². The van der Waals surface area contributed by atoms with Gasteiger partial charge in [-0.3, -0.25) is 4.79 Å². The van der Waals surface area contributed by atoms with E-state index in [1.807, 2.05) is 10.8 Å². The lowest BCUT2D eigenvalue weighted by Crippen LogP contribution is -2.27. The Bertz CT molecular complexity index is 479. The highest BCUT2D eigenvalue weighted by Crippen LogP contribution is 2.02. The van der Waals surface area contributed by atoms with Gasteiger partial charge in [0.05, 0.1) is 0 Å². The van der Waals surface area contributed by atoms with E-state index in [0.29, 0.717) is 0 Å². The molecular weight excluding hydrogens is 230 g/mol. The monoisotopic (exact) mass is 241 g/mol. The standard InChI is InChI=1S/C10H11NO4S/c12-10(13)8-11-16(14,15)7-6-9-4-2-1-3-5-9/h1-7,11H,8H2,(H,12,13)/b7-6-. The molecule has 0 aliphatic rings. The summed E-state index contributed by atoms with van der Waals surface area (Å²) in [6.07, 6.45) is 1.39. The summed E-state index contributed by atoms with van der Waals surface area (Å²) >= 11 is 0. The van der Waals surface area contributed by atoms with E-state index in [1.54, 1.807) is 24.3 Å². The van der Waals surface area contributed by atoms with Crippen LogP contribution in [0.2, 0.25) is 0 Å². The summed E-state index contributed by atoms with van der Waals surface area (Å²) in [6, 6.07) is 8.84. The molecule has 1 aromatic carbocycles. The van der Waals surface area contributed by atoms with Crippen molar-refractivity contribution < 1.29 is 18.3 Å². The molecule has 16 heavy (non-hydrogen) atoms. The number of hydrogen-bond donors (Lipinski definition) is 2. The van der Waals surface area contributed by atoms with E-state index in [2.05, 4.69) is 0 Å². The average Bonchev–Trinajstić information content (AvgIpc) is 2.26. The highest BCUT2D eigenvalue weighted by atomic mass is 32.2. The van der Waals surface area contributed by atoms with Crippen molar-refractivity contribution in [3.8, 4) is 0 Å². The van der Waals surface area contributed by atoms with Crippen LogP contribution in [0.1, 0.15) is 5.56 Å². The Hall–Kier alpha value is -1.66. The Balaban J connectivity index is 2.66. The molecule has 0 atom stereocenters. The first kappa shape index (κ1) is 12.4. The van der Waals surface area contributed by atoms with E-state index in [0.717, 1.165) is 11.0 Å². The first-order chi connectivity index (χ1) is 7.49. The first-order valence-electron chi connectivity index (χ1n) is 4.44. The third kappa shape index (κ3) is 4.72. The van der Waals surface area contributed by atoms with Crippen LogP contribution in [-0.2, 0) is 14.8 Å². The molecule has 0 aromatic heterocycles. The molecule has 0 fully saturated rings. The molecule has 0 unspecified atom stereocenters. The molecule has 2 N–H and O–H groups in total. The molecule has 1 aromatic rings. The molecule has 0 aliphatic heterocycles. The van der Waals surface area contributed by atoms with Crippen LogP contribution in [0, 0.1) is 0 Å². The maximum atomic E-state index is 11.2. The Labute approximate surface area is 93.5 Å². The molecule has 0 spiro atoms. The number of sulfonamides is 1. The quantitative estimate of drug-likeness (QED) is 0.793. The lowest BCUT2D eigenvalue weighted by Gasteiger charge is -1.98. The number of benzene rings is 1. The van der Waals surface area contributed by atoms with Crippen molar-refractivity contribution in [2.75, 3.05) is 6.54 Å². The lowest BCUT2D eigenvalue weighted by atomic mass is 10.2. The van der Waals surface area contributed by atoms with Gasteiger partial charge in [0, 0.05) is 5.41 Å². The predicted octanol–water partition coefficient (Wildman–Crippen LogP) is 0.661. The molecule has 0 heterocycles. The van der Waals surface area contributed by atoms with Gasteiger partial charge in [-0.05, 0) is 11.6 Å². The second-order valence-electron chi connectivity index (χ2n) is 2.97. The van der Waals surface area contributed by atoms with E-state index in [1.165, 1.54) is 6.08 Å². The van der Waals surface area contributed by atoms with Crippen molar-refractivity contribution in [3.05, 3.63) is 41.3 Å². The summed E-state index contributed by atoms with van der Waals surface area (Å²) in [6.45, 7) is -0.624. The van der Waals surface area contributed by atoms with Crippen LogP contribution in [0.3, 0.4) is 0 Å². The van der Waals surface area contributed by atoms with E-state index in [9.17, 15) is 13.2 Å². The highest BCUT2D eigenvalue weighted by molar-refractivity contribution is 7.92. The topological polar surface area (TPSA) is 83.5 Å². The van der Waals surface area contributed by atoms with E-state index >= 15 is 0 Å². The van der Waals surface area contributed by atoms with Gasteiger partial charge in [0.15, 0.2) is 0 Å². The number of carbonyl (C=O) groups is 1. The van der Waals surface area contributed by atoms with Crippen molar-refractivity contribution in [1.82, 2.24) is 4.72 Å². The van der Waals surface area contributed by atoms with Gasteiger partial charge in [-0.15, -0.1) is 0 Å². The third-order valence-corrected chi connectivity index (χ3v) is 2.70. The Morgan fingerprint density at radius 1 is 1.31 bits per heavy atom. The summed E-state index contributed by atoms with van der Waals surface area (Å²) in [5, 5.41) is 9.25. The van der Waals surface area contributed by atoms with Crippen molar-refractivity contribution in [2.45, 2.75) is 0 Å². The second-order valence-corrected chi connectivity index (χ2v) is 4.62. The van der Waals surface area contributed by atoms with Gasteiger partial charge < -0.3 is 5.11 Å². The minimum atomic E-state index is -3.69. The molecule has 6 heteroatoms. The number of carboxylic acids is 1. The number of aliphatic carboxylic acids is 1. The molecule has 5 nitrogen and oxygen atoms in total. The number of hydrogen-bond acceptors (Lipinski definition) is 3. The number of nitrogens with one attached hydrogen (secondary N) is 1. The normalized spacial score (nSPS) is 11.8. The van der Waals surface area contributed by atoms with Gasteiger partial charge in [-0.25, -0.2) is 13.1 Å². The second kappa shape index (κ2) is 5.43. The zero-order valence-electron chi connectivity index (χ0n) is 8.33. The van der Waals surface area contributed by atoms with Crippen molar-refractivity contribution in [2.24, 2.45) is 0 Å². The smallest absolute Gasteiger partial charge is 0.318 e. The summed E-state index contributed by atoms with van der Waals surface area (Å²) in [5.41, 5.74) is 0.725. The van der Waals surface area contributed by atoms with Crippen LogP contribution in [0.5, 0.6) is 0 Å². The van der Waals surface area contributed by atoms with Crippen LogP contribution >= 0.6 is 0 Å². The molecule has 1 rings (SSSR count). The van der Waals surface area contributed by atoms with Crippen molar-refractivity contribution in [3.63, 3.8) is 0 Å². The highest BCUT2D eigenvalue weighted by Gasteiger charge is 2.06. The molecule has 0 aliphatic carbocycles. The van der Waals surface area contributed by atoms with Crippen LogP contribution < -0.4 is 4.72 Å². The van der Waals surface area contributed by atoms with Crippen LogP contribution in [0.15, 0.2) is 35.7 Å². The van der Waals surface area contributed by atoms with Crippen LogP contribution in [0.4, 0.5) is 0 Å². The van der Waals surface area contributed by atoms with E-state index < -0.39 is 22.5 Å². The third-order valence-electron chi connectivity index (χ3n) is 1.66. The summed E-state index contributed by atoms with van der Waals surface area (Å²) in [7, 11) is -3.69. The molecule has 0 radical (unpaired) electrons. The van der Waals surface area contributed by atoms with Gasteiger partial charge in [0.1, 0.15) is 6.54 Å². The van der Waals surface area contributed by atoms with Crippen LogP contribution in [-0.4, -0.2) is 26.0 Å². The minimum Gasteiger partial charge on any atom is -0.480 e. The van der Waals surface area contributed by atoms with Gasteiger partial charge in [-0.1, -0.05) is 30.3 Å². The summed E-state index contributed by atoms with van der Waals surface area (Å²) < 4.78 is 24.4. The predicted molar refractivity (Wildman–Crippen MR) is 60.0 cm³/mol. The zero-order valence-corrected chi connectivity index (χ0v) is 9.15. The fourth-order valence-electron chi connectivity index (χ4n) is 0.943. The van der Waals surface area contributed by atoms with Gasteiger partial charge in [0.25, 0.3) is 0 Å². The molecule has 0 amide bonds. The molecule has 0 bridgehead atoms.